The Balaban J connectivity index is 1.61. The van der Waals surface area contributed by atoms with Gasteiger partial charge < -0.3 is 15.3 Å². The molecule has 1 aliphatic heterocycles. The number of benzene rings is 2. The number of hydrogen-bond acceptors (Lipinski definition) is 7. The third-order valence-corrected chi connectivity index (χ3v) is 7.22. The second kappa shape index (κ2) is 9.84. The highest BCUT2D eigenvalue weighted by atomic mass is 32.2. The summed E-state index contributed by atoms with van der Waals surface area (Å²) in [6.07, 6.45) is 1.73. The number of pyridine rings is 1. The van der Waals surface area contributed by atoms with E-state index in [1.807, 2.05) is 0 Å². The van der Waals surface area contributed by atoms with Crippen molar-refractivity contribution < 1.29 is 31.9 Å². The average molecular weight is 529 g/mol. The zero-order valence-electron chi connectivity index (χ0n) is 19.6. The van der Waals surface area contributed by atoms with E-state index in [0.717, 1.165) is 11.2 Å². The van der Waals surface area contributed by atoms with Gasteiger partial charge in [0.2, 0.25) is 5.91 Å². The molecule has 3 aromatic rings. The summed E-state index contributed by atoms with van der Waals surface area (Å²) in [5.74, 6) is -4.60. The summed E-state index contributed by atoms with van der Waals surface area (Å²) in [7, 11) is -3.48. The van der Waals surface area contributed by atoms with Crippen LogP contribution in [-0.4, -0.2) is 66.5 Å². The van der Waals surface area contributed by atoms with Gasteiger partial charge in [-0.05, 0) is 47.0 Å². The number of carbonyl (C=O) groups excluding carboxylic acids is 2. The molecule has 12 heteroatoms. The lowest BCUT2D eigenvalue weighted by Crippen LogP contribution is -2.43. The number of hydrogen-bond donors (Lipinski definition) is 2. The van der Waals surface area contributed by atoms with E-state index in [2.05, 4.69) is 10.3 Å². The third-order valence-electron chi connectivity index (χ3n) is 6.11. The molecule has 1 saturated heterocycles. The lowest BCUT2D eigenvalue weighted by atomic mass is 9.97. The molecule has 2 heterocycles. The quantitative estimate of drug-likeness (QED) is 0.500. The number of aliphatic hydroxyl groups excluding tert-OH is 1. The standard InChI is InChI=1S/C25H22F2N4O5S/c1-37(35,36)18-3-4-19(16(8-18)13-32)15-2-5-22-21(9-15)20(6-7-29-22)24(34)30-12-23(33)31-14-25(26,27)10-17(31)11-28/h2-9,17,32H,10,12-14H2,1H3,(H,30,34). The van der Waals surface area contributed by atoms with Crippen LogP contribution in [0.25, 0.3) is 22.0 Å². The average Bonchev–Trinajstić information content (AvgIpc) is 3.20. The van der Waals surface area contributed by atoms with Crippen molar-refractivity contribution in [3.05, 3.63) is 59.8 Å². The number of aromatic nitrogens is 1. The van der Waals surface area contributed by atoms with Crippen molar-refractivity contribution in [2.45, 2.75) is 29.9 Å². The largest absolute Gasteiger partial charge is 0.392 e. The molecule has 0 aliphatic carbocycles. The van der Waals surface area contributed by atoms with Crippen molar-refractivity contribution in [2.24, 2.45) is 0 Å². The molecule has 0 spiro atoms. The first-order chi connectivity index (χ1) is 17.4. The molecule has 1 atom stereocenters. The summed E-state index contributed by atoms with van der Waals surface area (Å²) in [6.45, 7) is -1.87. The Morgan fingerprint density at radius 1 is 1.24 bits per heavy atom. The number of amides is 2. The number of nitriles is 1. The predicted molar refractivity (Wildman–Crippen MR) is 129 cm³/mol. The first kappa shape index (κ1) is 26.1. The van der Waals surface area contributed by atoms with Crippen molar-refractivity contribution in [3.63, 3.8) is 0 Å². The molecule has 1 aromatic heterocycles. The van der Waals surface area contributed by atoms with Gasteiger partial charge in [0.1, 0.15) is 6.04 Å². The number of halogens is 2. The minimum atomic E-state index is -3.48. The van der Waals surface area contributed by atoms with E-state index in [0.29, 0.717) is 27.6 Å². The Morgan fingerprint density at radius 3 is 2.68 bits per heavy atom. The molecule has 2 N–H and O–H groups in total. The van der Waals surface area contributed by atoms with E-state index in [1.54, 1.807) is 30.3 Å². The fourth-order valence-corrected chi connectivity index (χ4v) is 4.94. The van der Waals surface area contributed by atoms with Gasteiger partial charge in [0.05, 0.1) is 41.7 Å². The molecular formula is C25H22F2N4O5S. The molecule has 0 bridgehead atoms. The van der Waals surface area contributed by atoms with Crippen molar-refractivity contribution in [2.75, 3.05) is 19.3 Å². The van der Waals surface area contributed by atoms with E-state index in [4.69, 9.17) is 5.26 Å². The number of alkyl halides is 2. The van der Waals surface area contributed by atoms with Crippen LogP contribution >= 0.6 is 0 Å². The van der Waals surface area contributed by atoms with Gasteiger partial charge >= 0.3 is 0 Å². The smallest absolute Gasteiger partial charge is 0.268 e. The second-order valence-electron chi connectivity index (χ2n) is 8.75. The highest BCUT2D eigenvalue weighted by Crippen LogP contribution is 2.32. The van der Waals surface area contributed by atoms with Crippen LogP contribution in [0.3, 0.4) is 0 Å². The van der Waals surface area contributed by atoms with E-state index in [1.165, 1.54) is 24.4 Å². The summed E-state index contributed by atoms with van der Waals surface area (Å²) in [6, 6.07) is 11.3. The van der Waals surface area contributed by atoms with Crippen LogP contribution in [0, 0.1) is 11.3 Å². The molecule has 0 saturated carbocycles. The SMILES string of the molecule is CS(=O)(=O)c1ccc(-c2ccc3nccc(C(=O)NCC(=O)N4CC(F)(F)CC4C#N)c3c2)c(CO)c1. The first-order valence-corrected chi connectivity index (χ1v) is 13.0. The summed E-state index contributed by atoms with van der Waals surface area (Å²) < 4.78 is 51.1. The predicted octanol–water partition coefficient (Wildman–Crippen LogP) is 2.29. The lowest BCUT2D eigenvalue weighted by molar-refractivity contribution is -0.131. The van der Waals surface area contributed by atoms with Crippen LogP contribution in [-0.2, 0) is 21.2 Å². The monoisotopic (exact) mass is 528 g/mol. The number of carbonyl (C=O) groups is 2. The van der Waals surface area contributed by atoms with E-state index in [-0.39, 0.29) is 10.5 Å². The number of aliphatic hydroxyl groups is 1. The Bertz CT molecular complexity index is 1550. The van der Waals surface area contributed by atoms with E-state index < -0.39 is 59.7 Å². The van der Waals surface area contributed by atoms with Gasteiger partial charge in [-0.15, -0.1) is 0 Å². The molecule has 2 aromatic carbocycles. The summed E-state index contributed by atoms with van der Waals surface area (Å²) >= 11 is 0. The number of fused-ring (bicyclic) bond motifs is 1. The van der Waals surface area contributed by atoms with Crippen molar-refractivity contribution in [1.29, 1.82) is 5.26 Å². The molecule has 1 fully saturated rings. The molecule has 9 nitrogen and oxygen atoms in total. The van der Waals surface area contributed by atoms with Gasteiger partial charge in [0.15, 0.2) is 9.84 Å². The van der Waals surface area contributed by atoms with Gasteiger partial charge in [-0.2, -0.15) is 5.26 Å². The number of sulfone groups is 1. The Morgan fingerprint density at radius 2 is 2.00 bits per heavy atom. The molecule has 2 amide bonds. The molecular weight excluding hydrogens is 506 g/mol. The lowest BCUT2D eigenvalue weighted by Gasteiger charge is -2.19. The minimum absolute atomic E-state index is 0.0573. The van der Waals surface area contributed by atoms with Gasteiger partial charge in [0.25, 0.3) is 11.8 Å². The highest BCUT2D eigenvalue weighted by Gasteiger charge is 2.47. The zero-order valence-corrected chi connectivity index (χ0v) is 20.4. The topological polar surface area (TPSA) is 140 Å². The molecule has 1 unspecified atom stereocenters. The normalized spacial score (nSPS) is 16.9. The summed E-state index contributed by atoms with van der Waals surface area (Å²) in [4.78, 5) is 30.5. The van der Waals surface area contributed by atoms with Crippen molar-refractivity contribution >= 4 is 32.6 Å². The van der Waals surface area contributed by atoms with Crippen LogP contribution < -0.4 is 5.32 Å². The zero-order chi connectivity index (χ0) is 27.0. The molecule has 0 radical (unpaired) electrons. The van der Waals surface area contributed by atoms with Crippen molar-refractivity contribution in [1.82, 2.24) is 15.2 Å². The second-order valence-corrected chi connectivity index (χ2v) is 10.8. The highest BCUT2D eigenvalue weighted by molar-refractivity contribution is 7.90. The fourth-order valence-electron chi connectivity index (χ4n) is 4.27. The number of rotatable bonds is 6. The molecule has 1 aliphatic rings. The van der Waals surface area contributed by atoms with Gasteiger partial charge in [0, 0.05) is 24.3 Å². The van der Waals surface area contributed by atoms with E-state index in [9.17, 15) is 31.9 Å². The van der Waals surface area contributed by atoms with Crippen LogP contribution in [0.2, 0.25) is 0 Å². The number of nitrogens with zero attached hydrogens (tertiary/aromatic N) is 3. The number of nitrogens with one attached hydrogen (secondary N) is 1. The summed E-state index contributed by atoms with van der Waals surface area (Å²) in [5, 5.41) is 21.8. The van der Waals surface area contributed by atoms with Gasteiger partial charge in [-0.1, -0.05) is 12.1 Å². The van der Waals surface area contributed by atoms with Gasteiger partial charge in [-0.25, -0.2) is 17.2 Å². The fraction of sp³-hybridized carbons (Fsp3) is 0.280. The van der Waals surface area contributed by atoms with Crippen LogP contribution in [0.1, 0.15) is 22.3 Å². The third kappa shape index (κ3) is 5.42. The van der Waals surface area contributed by atoms with Crippen LogP contribution in [0.5, 0.6) is 0 Å². The minimum Gasteiger partial charge on any atom is -0.392 e. The van der Waals surface area contributed by atoms with Crippen LogP contribution in [0.4, 0.5) is 8.78 Å². The Labute approximate surface area is 211 Å². The Kier molecular flexibility index (Phi) is 6.94. The molecule has 37 heavy (non-hydrogen) atoms. The van der Waals surface area contributed by atoms with Gasteiger partial charge in [-0.3, -0.25) is 14.6 Å². The maximum atomic E-state index is 13.7. The molecule has 4 rings (SSSR count). The van der Waals surface area contributed by atoms with E-state index >= 15 is 0 Å². The maximum absolute atomic E-state index is 13.7. The maximum Gasteiger partial charge on any atom is 0.268 e. The summed E-state index contributed by atoms with van der Waals surface area (Å²) in [5.41, 5.74) is 2.15. The Hall–Kier alpha value is -3.95. The first-order valence-electron chi connectivity index (χ1n) is 11.1. The van der Waals surface area contributed by atoms with Crippen LogP contribution in [0.15, 0.2) is 53.6 Å². The molecule has 192 valence electrons. The van der Waals surface area contributed by atoms with Crippen molar-refractivity contribution in [3.8, 4) is 17.2 Å². The number of likely N-dealkylation sites (tertiary alicyclic amines) is 1.